The SMILES string of the molecule is CCCC(C(=O)NN)N(C)C1CC1. The van der Waals surface area contributed by atoms with Crippen LogP contribution < -0.4 is 11.3 Å². The number of nitrogens with zero attached hydrogens (tertiary/aromatic N) is 1. The average molecular weight is 185 g/mol. The molecular weight excluding hydrogens is 166 g/mol. The van der Waals surface area contributed by atoms with Gasteiger partial charge < -0.3 is 0 Å². The number of amides is 1. The van der Waals surface area contributed by atoms with Gasteiger partial charge in [0.25, 0.3) is 5.91 Å². The Morgan fingerprint density at radius 1 is 1.69 bits per heavy atom. The van der Waals surface area contributed by atoms with E-state index in [9.17, 15) is 4.79 Å². The van der Waals surface area contributed by atoms with Gasteiger partial charge in [-0.3, -0.25) is 15.1 Å². The van der Waals surface area contributed by atoms with Crippen LogP contribution in [0.3, 0.4) is 0 Å². The maximum Gasteiger partial charge on any atom is 0.251 e. The average Bonchev–Trinajstić information content (AvgIpc) is 2.95. The quantitative estimate of drug-likeness (QED) is 0.366. The molecule has 0 aromatic heterocycles. The summed E-state index contributed by atoms with van der Waals surface area (Å²) in [6, 6.07) is 0.566. The van der Waals surface area contributed by atoms with Gasteiger partial charge in [0.15, 0.2) is 0 Å². The molecule has 1 unspecified atom stereocenters. The van der Waals surface area contributed by atoms with Gasteiger partial charge in [0, 0.05) is 6.04 Å². The van der Waals surface area contributed by atoms with Crippen LogP contribution in [0.2, 0.25) is 0 Å². The fourth-order valence-electron chi connectivity index (χ4n) is 1.63. The van der Waals surface area contributed by atoms with E-state index in [1.165, 1.54) is 12.8 Å². The van der Waals surface area contributed by atoms with Gasteiger partial charge in [-0.25, -0.2) is 5.84 Å². The van der Waals surface area contributed by atoms with E-state index in [-0.39, 0.29) is 11.9 Å². The van der Waals surface area contributed by atoms with E-state index in [4.69, 9.17) is 5.84 Å². The molecule has 0 radical (unpaired) electrons. The molecule has 1 atom stereocenters. The molecule has 4 heteroatoms. The van der Waals surface area contributed by atoms with E-state index in [0.29, 0.717) is 6.04 Å². The molecule has 1 amide bonds. The molecule has 13 heavy (non-hydrogen) atoms. The van der Waals surface area contributed by atoms with E-state index in [2.05, 4.69) is 17.2 Å². The molecule has 1 rings (SSSR count). The van der Waals surface area contributed by atoms with Gasteiger partial charge in [0.05, 0.1) is 6.04 Å². The van der Waals surface area contributed by atoms with Crippen molar-refractivity contribution in [2.75, 3.05) is 7.05 Å². The number of nitrogens with two attached hydrogens (primary N) is 1. The maximum atomic E-state index is 11.4. The minimum atomic E-state index is -0.0590. The Balaban J connectivity index is 2.48. The lowest BCUT2D eigenvalue weighted by atomic mass is 10.1. The van der Waals surface area contributed by atoms with E-state index in [1.54, 1.807) is 0 Å². The van der Waals surface area contributed by atoms with Crippen molar-refractivity contribution in [3.63, 3.8) is 0 Å². The van der Waals surface area contributed by atoms with Crippen molar-refractivity contribution >= 4 is 5.91 Å². The molecule has 0 aliphatic heterocycles. The van der Waals surface area contributed by atoms with Crippen LogP contribution in [-0.2, 0) is 4.79 Å². The third kappa shape index (κ3) is 2.67. The Kier molecular flexibility index (Phi) is 3.69. The monoisotopic (exact) mass is 185 g/mol. The van der Waals surface area contributed by atoms with E-state index in [0.717, 1.165) is 12.8 Å². The Morgan fingerprint density at radius 3 is 2.69 bits per heavy atom. The summed E-state index contributed by atoms with van der Waals surface area (Å²) in [4.78, 5) is 13.5. The van der Waals surface area contributed by atoms with Crippen LogP contribution in [-0.4, -0.2) is 29.9 Å². The van der Waals surface area contributed by atoms with Crippen molar-refractivity contribution < 1.29 is 4.79 Å². The number of hydrogen-bond donors (Lipinski definition) is 2. The van der Waals surface area contributed by atoms with Gasteiger partial charge in [-0.2, -0.15) is 0 Å². The first-order chi connectivity index (χ1) is 6.20. The zero-order chi connectivity index (χ0) is 9.84. The minimum Gasteiger partial charge on any atom is -0.293 e. The highest BCUT2D eigenvalue weighted by molar-refractivity contribution is 5.81. The molecule has 1 saturated carbocycles. The summed E-state index contributed by atoms with van der Waals surface area (Å²) in [5.41, 5.74) is 2.23. The molecule has 3 N–H and O–H groups in total. The lowest BCUT2D eigenvalue weighted by molar-refractivity contribution is -0.126. The number of likely N-dealkylation sites (N-methyl/N-ethyl adjacent to an activating group) is 1. The number of nitrogens with one attached hydrogen (secondary N) is 1. The minimum absolute atomic E-state index is 0.0394. The molecule has 0 saturated heterocycles. The molecule has 0 spiro atoms. The summed E-state index contributed by atoms with van der Waals surface area (Å²) in [6.45, 7) is 2.08. The predicted molar refractivity (Wildman–Crippen MR) is 51.8 cm³/mol. The predicted octanol–water partition coefficient (Wildman–Crippen LogP) is 0.239. The first kappa shape index (κ1) is 10.5. The topological polar surface area (TPSA) is 58.4 Å². The molecule has 1 fully saturated rings. The highest BCUT2D eigenvalue weighted by atomic mass is 16.2. The van der Waals surface area contributed by atoms with Crippen LogP contribution >= 0.6 is 0 Å². The summed E-state index contributed by atoms with van der Waals surface area (Å²) in [5, 5.41) is 0. The second kappa shape index (κ2) is 4.58. The first-order valence-electron chi connectivity index (χ1n) is 4.93. The Hall–Kier alpha value is -0.610. The molecule has 1 aliphatic rings. The van der Waals surface area contributed by atoms with E-state index < -0.39 is 0 Å². The van der Waals surface area contributed by atoms with Gasteiger partial charge in [-0.1, -0.05) is 13.3 Å². The van der Waals surface area contributed by atoms with Crippen LogP contribution in [0.25, 0.3) is 0 Å². The van der Waals surface area contributed by atoms with Crippen molar-refractivity contribution in [1.29, 1.82) is 0 Å². The lowest BCUT2D eigenvalue weighted by Crippen LogP contribution is -2.48. The first-order valence-corrected chi connectivity index (χ1v) is 4.93. The molecule has 0 aromatic carbocycles. The maximum absolute atomic E-state index is 11.4. The Morgan fingerprint density at radius 2 is 2.31 bits per heavy atom. The molecule has 0 heterocycles. The van der Waals surface area contributed by atoms with Gasteiger partial charge in [-0.15, -0.1) is 0 Å². The number of hydrazine groups is 1. The van der Waals surface area contributed by atoms with Crippen molar-refractivity contribution in [3.05, 3.63) is 0 Å². The van der Waals surface area contributed by atoms with Crippen molar-refractivity contribution in [2.45, 2.75) is 44.7 Å². The number of carbonyl (C=O) groups excluding carboxylic acids is 1. The second-order valence-corrected chi connectivity index (χ2v) is 3.71. The van der Waals surface area contributed by atoms with E-state index >= 15 is 0 Å². The third-order valence-corrected chi connectivity index (χ3v) is 2.62. The summed E-state index contributed by atoms with van der Waals surface area (Å²) in [7, 11) is 2.01. The van der Waals surface area contributed by atoms with Gasteiger partial charge in [0.1, 0.15) is 0 Å². The standard InChI is InChI=1S/C9H19N3O/c1-3-4-8(9(13)11-10)12(2)7-5-6-7/h7-8H,3-6,10H2,1-2H3,(H,11,13). The van der Waals surface area contributed by atoms with Crippen molar-refractivity contribution in [2.24, 2.45) is 5.84 Å². The highest BCUT2D eigenvalue weighted by Gasteiger charge is 2.33. The van der Waals surface area contributed by atoms with Crippen LogP contribution in [0.1, 0.15) is 32.6 Å². The largest absolute Gasteiger partial charge is 0.293 e. The smallest absolute Gasteiger partial charge is 0.251 e. The fourth-order valence-corrected chi connectivity index (χ4v) is 1.63. The lowest BCUT2D eigenvalue weighted by Gasteiger charge is -2.25. The molecule has 1 aliphatic carbocycles. The zero-order valence-corrected chi connectivity index (χ0v) is 8.42. The van der Waals surface area contributed by atoms with E-state index in [1.807, 2.05) is 7.05 Å². The summed E-state index contributed by atoms with van der Waals surface area (Å²) < 4.78 is 0. The Bertz CT molecular complexity index is 180. The zero-order valence-electron chi connectivity index (χ0n) is 8.42. The molecule has 4 nitrogen and oxygen atoms in total. The van der Waals surface area contributed by atoms with Crippen LogP contribution in [0.4, 0.5) is 0 Å². The number of hydrogen-bond acceptors (Lipinski definition) is 3. The summed E-state index contributed by atoms with van der Waals surface area (Å²) in [6.07, 6.45) is 4.33. The van der Waals surface area contributed by atoms with Gasteiger partial charge in [0.2, 0.25) is 0 Å². The number of carbonyl (C=O) groups is 1. The molecular formula is C9H19N3O. The summed E-state index contributed by atoms with van der Waals surface area (Å²) in [5.74, 6) is 5.08. The second-order valence-electron chi connectivity index (χ2n) is 3.71. The summed E-state index contributed by atoms with van der Waals surface area (Å²) >= 11 is 0. The normalized spacial score (nSPS) is 18.8. The van der Waals surface area contributed by atoms with Crippen LogP contribution in [0.15, 0.2) is 0 Å². The van der Waals surface area contributed by atoms with Crippen molar-refractivity contribution in [1.82, 2.24) is 10.3 Å². The Labute approximate surface area is 79.4 Å². The van der Waals surface area contributed by atoms with Crippen LogP contribution in [0.5, 0.6) is 0 Å². The third-order valence-electron chi connectivity index (χ3n) is 2.62. The van der Waals surface area contributed by atoms with Crippen molar-refractivity contribution in [3.8, 4) is 0 Å². The number of rotatable bonds is 5. The van der Waals surface area contributed by atoms with Gasteiger partial charge >= 0.3 is 0 Å². The fraction of sp³-hybridized carbons (Fsp3) is 0.889. The van der Waals surface area contributed by atoms with Gasteiger partial charge in [-0.05, 0) is 26.3 Å². The molecule has 0 aromatic rings. The van der Waals surface area contributed by atoms with Crippen LogP contribution in [0, 0.1) is 0 Å². The highest BCUT2D eigenvalue weighted by Crippen LogP contribution is 2.28. The molecule has 76 valence electrons. The molecule has 0 bridgehead atoms.